The van der Waals surface area contributed by atoms with Gasteiger partial charge < -0.3 is 24.1 Å². The van der Waals surface area contributed by atoms with E-state index in [4.69, 9.17) is 19.0 Å². The molecule has 6 heteroatoms. The van der Waals surface area contributed by atoms with Crippen LogP contribution in [-0.2, 0) is 13.9 Å². The van der Waals surface area contributed by atoms with E-state index in [-0.39, 0.29) is 13.2 Å². The lowest BCUT2D eigenvalue weighted by Gasteiger charge is -2.24. The highest BCUT2D eigenvalue weighted by Gasteiger charge is 2.22. The lowest BCUT2D eigenvalue weighted by Crippen LogP contribution is -2.35. The third-order valence-electron chi connectivity index (χ3n) is 2.72. The average Bonchev–Trinajstić information content (AvgIpc) is 2.38. The van der Waals surface area contributed by atoms with Gasteiger partial charge in [0, 0.05) is 0 Å². The van der Waals surface area contributed by atoms with Crippen LogP contribution in [-0.4, -0.2) is 64.3 Å². The van der Waals surface area contributed by atoms with Crippen LogP contribution in [0.15, 0.2) is 0 Å². The summed E-state index contributed by atoms with van der Waals surface area (Å²) in [5.74, 6) is 0. The van der Waals surface area contributed by atoms with Crippen molar-refractivity contribution in [1.29, 1.82) is 0 Å². The van der Waals surface area contributed by atoms with Gasteiger partial charge in [-0.25, -0.2) is 0 Å². The van der Waals surface area contributed by atoms with Gasteiger partial charge in [-0.15, -0.1) is 0 Å². The molecule has 0 aromatic carbocycles. The Hall–Kier alpha value is 0.0169. The highest BCUT2D eigenvalue weighted by molar-refractivity contribution is 6.71. The minimum atomic E-state index is -1.62. The molecule has 5 nitrogen and oxygen atoms in total. The molecule has 0 bridgehead atoms. The molecule has 2 N–H and O–H groups in total. The minimum Gasteiger partial charge on any atom is -0.415 e. The molecule has 0 rings (SSSR count). The Kier molecular flexibility index (Phi) is 11.8. The second kappa shape index (κ2) is 11.8. The molecule has 0 fully saturated rings. The third kappa shape index (κ3) is 12.8. The first-order chi connectivity index (χ1) is 9.02. The zero-order chi connectivity index (χ0) is 14.6. The lowest BCUT2D eigenvalue weighted by atomic mass is 10.4. The largest absolute Gasteiger partial charge is 0.415 e. The van der Waals surface area contributed by atoms with Crippen LogP contribution in [0.5, 0.6) is 0 Å². The maximum atomic E-state index is 9.73. The van der Waals surface area contributed by atoms with E-state index in [9.17, 15) is 5.11 Å². The van der Waals surface area contributed by atoms with Crippen molar-refractivity contribution in [3.63, 3.8) is 0 Å². The van der Waals surface area contributed by atoms with Gasteiger partial charge in [0.25, 0.3) is 0 Å². The van der Waals surface area contributed by atoms with E-state index in [0.29, 0.717) is 26.4 Å². The molecule has 19 heavy (non-hydrogen) atoms. The normalized spacial score (nSPS) is 13.7. The maximum absolute atomic E-state index is 9.73. The summed E-state index contributed by atoms with van der Waals surface area (Å²) in [5.41, 5.74) is 0. The molecule has 0 aliphatic heterocycles. The molecule has 1 unspecified atom stereocenters. The predicted molar refractivity (Wildman–Crippen MR) is 77.9 cm³/mol. The summed E-state index contributed by atoms with van der Waals surface area (Å²) < 4.78 is 16.1. The van der Waals surface area contributed by atoms with Crippen LogP contribution in [0.3, 0.4) is 0 Å². The Morgan fingerprint density at radius 3 is 2.37 bits per heavy atom. The zero-order valence-electron chi connectivity index (χ0n) is 12.6. The van der Waals surface area contributed by atoms with Crippen molar-refractivity contribution in [2.24, 2.45) is 0 Å². The van der Waals surface area contributed by atoms with Crippen LogP contribution < -0.4 is 0 Å². The second-order valence-corrected chi connectivity index (χ2v) is 9.55. The number of ether oxygens (including phenoxy) is 2. The van der Waals surface area contributed by atoms with E-state index in [1.54, 1.807) is 0 Å². The van der Waals surface area contributed by atoms with Crippen molar-refractivity contribution in [3.8, 4) is 0 Å². The Morgan fingerprint density at radius 1 is 1.05 bits per heavy atom. The van der Waals surface area contributed by atoms with Crippen molar-refractivity contribution in [3.05, 3.63) is 0 Å². The Bertz CT molecular complexity index is 201. The fourth-order valence-electron chi connectivity index (χ4n) is 1.55. The highest BCUT2D eigenvalue weighted by atomic mass is 28.4. The molecule has 0 aliphatic carbocycles. The monoisotopic (exact) mass is 294 g/mol. The van der Waals surface area contributed by atoms with Gasteiger partial charge in [0.2, 0.25) is 0 Å². The summed E-state index contributed by atoms with van der Waals surface area (Å²) in [6, 6.07) is 1.13. The first kappa shape index (κ1) is 19.0. The summed E-state index contributed by atoms with van der Waals surface area (Å²) in [6.45, 7) is 8.35. The Labute approximate surface area is 118 Å². The van der Waals surface area contributed by atoms with E-state index in [0.717, 1.165) is 6.04 Å². The quantitative estimate of drug-likeness (QED) is 0.397. The first-order valence-corrected chi connectivity index (χ1v) is 10.2. The summed E-state index contributed by atoms with van der Waals surface area (Å²) in [5, 5.41) is 18.2. The van der Waals surface area contributed by atoms with Crippen molar-refractivity contribution >= 4 is 8.32 Å². The van der Waals surface area contributed by atoms with Gasteiger partial charge in [0.05, 0.1) is 45.7 Å². The van der Waals surface area contributed by atoms with E-state index in [2.05, 4.69) is 20.0 Å². The lowest BCUT2D eigenvalue weighted by molar-refractivity contribution is -0.0159. The maximum Gasteiger partial charge on any atom is 0.186 e. The van der Waals surface area contributed by atoms with Gasteiger partial charge in [-0.05, 0) is 19.1 Å². The molecule has 0 saturated heterocycles. The summed E-state index contributed by atoms with van der Waals surface area (Å²) >= 11 is 0. The van der Waals surface area contributed by atoms with Crippen LogP contribution in [0.25, 0.3) is 0 Å². The number of aliphatic hydroxyl groups excluding tert-OH is 2. The van der Waals surface area contributed by atoms with E-state index >= 15 is 0 Å². The van der Waals surface area contributed by atoms with Crippen LogP contribution in [0.4, 0.5) is 0 Å². The summed E-state index contributed by atoms with van der Waals surface area (Å²) in [6.07, 6.45) is 1.79. The molecule has 0 aromatic rings. The fraction of sp³-hybridized carbons (Fsp3) is 1.00. The smallest absolute Gasteiger partial charge is 0.186 e. The van der Waals surface area contributed by atoms with Crippen molar-refractivity contribution in [2.75, 3.05) is 39.6 Å². The van der Waals surface area contributed by atoms with Gasteiger partial charge in [-0.1, -0.05) is 19.8 Å². The number of rotatable bonds is 13. The third-order valence-corrected chi connectivity index (χ3v) is 5.22. The molecular formula is C13H30O5Si. The van der Waals surface area contributed by atoms with Gasteiger partial charge in [0.15, 0.2) is 8.32 Å². The van der Waals surface area contributed by atoms with E-state index in [1.807, 2.05) is 0 Å². The van der Waals surface area contributed by atoms with Gasteiger partial charge in [-0.3, -0.25) is 0 Å². The van der Waals surface area contributed by atoms with Crippen LogP contribution >= 0.6 is 0 Å². The summed E-state index contributed by atoms with van der Waals surface area (Å²) in [4.78, 5) is 0. The number of hydrogen-bond acceptors (Lipinski definition) is 5. The fourth-order valence-corrected chi connectivity index (χ4v) is 3.54. The van der Waals surface area contributed by atoms with Crippen molar-refractivity contribution < 1.29 is 24.1 Å². The van der Waals surface area contributed by atoms with Crippen molar-refractivity contribution in [1.82, 2.24) is 0 Å². The highest BCUT2D eigenvalue weighted by Crippen LogP contribution is 2.15. The topological polar surface area (TPSA) is 68.2 Å². The molecule has 116 valence electrons. The predicted octanol–water partition coefficient (Wildman–Crippen LogP) is 1.39. The molecule has 0 saturated carbocycles. The second-order valence-electron chi connectivity index (χ2n) is 5.24. The molecule has 0 aromatic heterocycles. The Balaban J connectivity index is 3.49. The molecule has 0 radical (unpaired) electrons. The summed E-state index contributed by atoms with van der Waals surface area (Å²) in [7, 11) is -1.62. The zero-order valence-corrected chi connectivity index (χ0v) is 13.6. The average molecular weight is 294 g/mol. The van der Waals surface area contributed by atoms with E-state index in [1.165, 1.54) is 12.8 Å². The van der Waals surface area contributed by atoms with Crippen LogP contribution in [0.2, 0.25) is 19.1 Å². The minimum absolute atomic E-state index is 0.0218. The van der Waals surface area contributed by atoms with Crippen LogP contribution in [0, 0.1) is 0 Å². The van der Waals surface area contributed by atoms with Gasteiger partial charge >= 0.3 is 0 Å². The Morgan fingerprint density at radius 2 is 1.74 bits per heavy atom. The van der Waals surface area contributed by atoms with Gasteiger partial charge in [0.1, 0.15) is 0 Å². The molecule has 0 aliphatic rings. The van der Waals surface area contributed by atoms with Gasteiger partial charge in [-0.2, -0.15) is 0 Å². The molecule has 0 amide bonds. The molecule has 0 spiro atoms. The number of hydrogen-bond donors (Lipinski definition) is 2. The van der Waals surface area contributed by atoms with E-state index < -0.39 is 14.4 Å². The first-order valence-electron chi connectivity index (χ1n) is 7.10. The number of aliphatic hydroxyl groups is 2. The standard InChI is InChI=1S/C13H30O5Si/c1-4-5-10-19(2,3)18-12-13(15)11-17-9-8-16-7-6-14/h13-15H,4-12H2,1-3H3. The molecular weight excluding hydrogens is 264 g/mol. The number of unbranched alkanes of at least 4 members (excludes halogenated alkanes) is 1. The molecule has 1 atom stereocenters. The van der Waals surface area contributed by atoms with Crippen LogP contribution in [0.1, 0.15) is 19.8 Å². The molecule has 0 heterocycles. The SMILES string of the molecule is CCCC[Si](C)(C)OCC(O)COCCOCCO. The van der Waals surface area contributed by atoms with Crippen molar-refractivity contribution in [2.45, 2.75) is 45.0 Å².